The minimum atomic E-state index is -0.712. The number of hydrogen-bond donors (Lipinski definition) is 1. The van der Waals surface area contributed by atoms with Crippen molar-refractivity contribution in [2.24, 2.45) is 5.92 Å². The molecule has 2 nitrogen and oxygen atoms in total. The first kappa shape index (κ1) is 12.2. The van der Waals surface area contributed by atoms with E-state index in [2.05, 4.69) is 12.1 Å². The van der Waals surface area contributed by atoms with Crippen molar-refractivity contribution in [3.05, 3.63) is 34.9 Å². The number of carboxylic acids is 1. The van der Waals surface area contributed by atoms with Crippen LogP contribution in [0.5, 0.6) is 0 Å². The first-order chi connectivity index (χ1) is 8.09. The lowest BCUT2D eigenvalue weighted by Gasteiger charge is -2.21. The molecule has 92 valence electrons. The molecular formula is C15H20O2. The van der Waals surface area contributed by atoms with Crippen molar-refractivity contribution in [1.29, 1.82) is 0 Å². The highest BCUT2D eigenvalue weighted by Gasteiger charge is 2.24. The Hall–Kier alpha value is -1.31. The Bertz CT molecular complexity index is 421. The van der Waals surface area contributed by atoms with Crippen LogP contribution in [0.1, 0.15) is 49.3 Å². The van der Waals surface area contributed by atoms with E-state index < -0.39 is 5.97 Å². The number of aliphatic carboxylic acids is 1. The maximum Gasteiger partial charge on any atom is 0.311 e. The molecule has 17 heavy (non-hydrogen) atoms. The molecule has 0 saturated carbocycles. The summed E-state index contributed by atoms with van der Waals surface area (Å²) in [5.74, 6) is -0.952. The van der Waals surface area contributed by atoms with Gasteiger partial charge in [-0.05, 0) is 48.3 Å². The van der Waals surface area contributed by atoms with Crippen molar-refractivity contribution in [1.82, 2.24) is 0 Å². The van der Waals surface area contributed by atoms with Crippen LogP contribution < -0.4 is 0 Å². The van der Waals surface area contributed by atoms with E-state index in [-0.39, 0.29) is 11.8 Å². The Balaban J connectivity index is 2.35. The lowest BCUT2D eigenvalue weighted by molar-refractivity contribution is -0.139. The summed E-state index contributed by atoms with van der Waals surface area (Å²) in [7, 11) is 0. The van der Waals surface area contributed by atoms with Crippen molar-refractivity contribution in [2.45, 2.75) is 45.4 Å². The molecular weight excluding hydrogens is 212 g/mol. The third-order valence-electron chi connectivity index (χ3n) is 3.66. The number of benzene rings is 1. The molecule has 1 aliphatic rings. The first-order valence-corrected chi connectivity index (χ1v) is 6.44. The molecule has 1 N–H and O–H groups in total. The molecule has 0 saturated heterocycles. The summed E-state index contributed by atoms with van der Waals surface area (Å²) < 4.78 is 0. The van der Waals surface area contributed by atoms with Crippen LogP contribution in [0.2, 0.25) is 0 Å². The quantitative estimate of drug-likeness (QED) is 0.867. The molecule has 0 aromatic heterocycles. The Morgan fingerprint density at radius 2 is 1.82 bits per heavy atom. The van der Waals surface area contributed by atoms with Crippen LogP contribution in [0.3, 0.4) is 0 Å². The monoisotopic (exact) mass is 232 g/mol. The minimum absolute atomic E-state index is 0.133. The highest BCUT2D eigenvalue weighted by Crippen LogP contribution is 2.29. The summed E-state index contributed by atoms with van der Waals surface area (Å²) in [5.41, 5.74) is 3.74. The largest absolute Gasteiger partial charge is 0.481 e. The summed E-state index contributed by atoms with van der Waals surface area (Å²) in [6, 6.07) is 6.25. The molecule has 0 radical (unpaired) electrons. The van der Waals surface area contributed by atoms with E-state index in [4.69, 9.17) is 0 Å². The third-order valence-corrected chi connectivity index (χ3v) is 3.66. The van der Waals surface area contributed by atoms with Crippen LogP contribution in [-0.2, 0) is 17.6 Å². The average molecular weight is 232 g/mol. The Morgan fingerprint density at radius 1 is 1.18 bits per heavy atom. The fourth-order valence-electron chi connectivity index (χ4n) is 2.76. The molecule has 2 heteroatoms. The smallest absolute Gasteiger partial charge is 0.311 e. The summed E-state index contributed by atoms with van der Waals surface area (Å²) >= 11 is 0. The average Bonchev–Trinajstić information content (AvgIpc) is 2.28. The molecule has 0 amide bonds. The predicted octanol–water partition coefficient (Wildman–Crippen LogP) is 3.39. The Labute approximate surface area is 103 Å². The van der Waals surface area contributed by atoms with Crippen LogP contribution in [0.25, 0.3) is 0 Å². The van der Waals surface area contributed by atoms with E-state index in [1.54, 1.807) is 0 Å². The molecule has 0 spiro atoms. The number of aryl methyl sites for hydroxylation is 2. The van der Waals surface area contributed by atoms with Gasteiger partial charge in [0.1, 0.15) is 0 Å². The number of hydrogen-bond acceptors (Lipinski definition) is 1. The third kappa shape index (κ3) is 2.51. The lowest BCUT2D eigenvalue weighted by Crippen LogP contribution is -2.18. The van der Waals surface area contributed by atoms with E-state index >= 15 is 0 Å². The standard InChI is InChI=1S/C15H20O2/c1-10(2)14(15(16)17)13-8-7-11-5-3-4-6-12(11)9-13/h7-10,14H,3-6H2,1-2H3,(H,16,17). The first-order valence-electron chi connectivity index (χ1n) is 6.44. The van der Waals surface area contributed by atoms with Crippen LogP contribution >= 0.6 is 0 Å². The molecule has 2 rings (SSSR count). The summed E-state index contributed by atoms with van der Waals surface area (Å²) in [4.78, 5) is 11.3. The van der Waals surface area contributed by atoms with E-state index in [0.29, 0.717) is 0 Å². The van der Waals surface area contributed by atoms with Crippen LogP contribution in [-0.4, -0.2) is 11.1 Å². The second kappa shape index (κ2) is 4.91. The van der Waals surface area contributed by atoms with Crippen LogP contribution in [0.15, 0.2) is 18.2 Å². The van der Waals surface area contributed by atoms with Gasteiger partial charge < -0.3 is 5.11 Å². The fourth-order valence-corrected chi connectivity index (χ4v) is 2.76. The van der Waals surface area contributed by atoms with Gasteiger partial charge >= 0.3 is 5.97 Å². The Kier molecular flexibility index (Phi) is 3.51. The highest BCUT2D eigenvalue weighted by atomic mass is 16.4. The molecule has 0 fully saturated rings. The zero-order chi connectivity index (χ0) is 12.4. The number of rotatable bonds is 3. The van der Waals surface area contributed by atoms with Gasteiger partial charge in [0.25, 0.3) is 0 Å². The predicted molar refractivity (Wildman–Crippen MR) is 68.3 cm³/mol. The Morgan fingerprint density at radius 3 is 2.41 bits per heavy atom. The van der Waals surface area contributed by atoms with Gasteiger partial charge in [0.05, 0.1) is 5.92 Å². The molecule has 1 aliphatic carbocycles. The van der Waals surface area contributed by atoms with Crippen LogP contribution in [0.4, 0.5) is 0 Å². The van der Waals surface area contributed by atoms with E-state index in [1.165, 1.54) is 24.0 Å². The van der Waals surface area contributed by atoms with Crippen molar-refractivity contribution < 1.29 is 9.90 Å². The molecule has 1 aromatic rings. The van der Waals surface area contributed by atoms with Crippen LogP contribution in [0, 0.1) is 5.92 Å². The number of fused-ring (bicyclic) bond motifs is 1. The SMILES string of the molecule is CC(C)C(C(=O)O)c1ccc2c(c1)CCCC2. The maximum absolute atomic E-state index is 11.3. The van der Waals surface area contributed by atoms with Gasteiger partial charge in [-0.1, -0.05) is 32.0 Å². The second-order valence-corrected chi connectivity index (χ2v) is 5.30. The zero-order valence-corrected chi connectivity index (χ0v) is 10.6. The molecule has 1 atom stereocenters. The molecule has 0 bridgehead atoms. The van der Waals surface area contributed by atoms with Gasteiger partial charge in [0, 0.05) is 0 Å². The summed E-state index contributed by atoms with van der Waals surface area (Å²) in [6.45, 7) is 3.94. The van der Waals surface area contributed by atoms with Crippen molar-refractivity contribution in [3.63, 3.8) is 0 Å². The minimum Gasteiger partial charge on any atom is -0.481 e. The summed E-state index contributed by atoms with van der Waals surface area (Å²) in [6.07, 6.45) is 4.75. The van der Waals surface area contributed by atoms with Gasteiger partial charge in [-0.2, -0.15) is 0 Å². The summed E-state index contributed by atoms with van der Waals surface area (Å²) in [5, 5.41) is 9.30. The van der Waals surface area contributed by atoms with Gasteiger partial charge in [0.2, 0.25) is 0 Å². The maximum atomic E-state index is 11.3. The fraction of sp³-hybridized carbons (Fsp3) is 0.533. The van der Waals surface area contributed by atoms with E-state index in [9.17, 15) is 9.90 Å². The molecule has 0 aliphatic heterocycles. The number of carbonyl (C=O) groups is 1. The number of carboxylic acid groups (broad SMARTS) is 1. The van der Waals surface area contributed by atoms with Crippen molar-refractivity contribution in [2.75, 3.05) is 0 Å². The molecule has 1 unspecified atom stereocenters. The topological polar surface area (TPSA) is 37.3 Å². The van der Waals surface area contributed by atoms with E-state index in [0.717, 1.165) is 18.4 Å². The van der Waals surface area contributed by atoms with Gasteiger partial charge in [-0.15, -0.1) is 0 Å². The van der Waals surface area contributed by atoms with Gasteiger partial charge in [-0.3, -0.25) is 4.79 Å². The van der Waals surface area contributed by atoms with Crippen molar-refractivity contribution in [3.8, 4) is 0 Å². The van der Waals surface area contributed by atoms with Gasteiger partial charge in [-0.25, -0.2) is 0 Å². The van der Waals surface area contributed by atoms with Crippen molar-refractivity contribution >= 4 is 5.97 Å². The molecule has 1 aromatic carbocycles. The second-order valence-electron chi connectivity index (χ2n) is 5.30. The molecule has 0 heterocycles. The van der Waals surface area contributed by atoms with Gasteiger partial charge in [0.15, 0.2) is 0 Å². The normalized spacial score (nSPS) is 16.6. The lowest BCUT2D eigenvalue weighted by atomic mass is 9.84. The zero-order valence-electron chi connectivity index (χ0n) is 10.6. The highest BCUT2D eigenvalue weighted by molar-refractivity contribution is 5.76. The van der Waals surface area contributed by atoms with E-state index in [1.807, 2.05) is 19.9 Å².